The van der Waals surface area contributed by atoms with Crippen molar-refractivity contribution >= 4 is 11.7 Å². The molecular formula is C23H21F3N6O. The summed E-state index contributed by atoms with van der Waals surface area (Å²) in [5.41, 5.74) is 0.0618. The summed E-state index contributed by atoms with van der Waals surface area (Å²) in [5.74, 6) is 1.62. The first kappa shape index (κ1) is 21.3. The van der Waals surface area contributed by atoms with Crippen LogP contribution in [0.1, 0.15) is 28.9 Å². The van der Waals surface area contributed by atoms with Gasteiger partial charge in [-0.15, -0.1) is 0 Å². The average molecular weight is 454 g/mol. The Balaban J connectivity index is 1.35. The molecule has 1 N–H and O–H groups in total. The van der Waals surface area contributed by atoms with Crippen molar-refractivity contribution < 1.29 is 18.0 Å². The number of hydrogen-bond acceptors (Lipinski definition) is 6. The van der Waals surface area contributed by atoms with Crippen molar-refractivity contribution in [3.05, 3.63) is 66.4 Å². The van der Waals surface area contributed by atoms with E-state index in [0.29, 0.717) is 47.8 Å². The lowest BCUT2D eigenvalue weighted by Gasteiger charge is -2.35. The molecule has 3 aromatic rings. The maximum Gasteiger partial charge on any atom is 0.417 e. The Labute approximate surface area is 188 Å². The quantitative estimate of drug-likeness (QED) is 0.629. The molecule has 0 spiro atoms. The molecule has 10 heteroatoms. The molecule has 1 amide bonds. The van der Waals surface area contributed by atoms with Crippen LogP contribution in [0.2, 0.25) is 0 Å². The van der Waals surface area contributed by atoms with Gasteiger partial charge in [-0.1, -0.05) is 0 Å². The maximum atomic E-state index is 13.6. The minimum absolute atomic E-state index is 0.128. The van der Waals surface area contributed by atoms with Crippen LogP contribution in [-0.4, -0.2) is 49.9 Å². The van der Waals surface area contributed by atoms with E-state index >= 15 is 0 Å². The van der Waals surface area contributed by atoms with E-state index in [0.717, 1.165) is 25.1 Å². The van der Waals surface area contributed by atoms with Crippen molar-refractivity contribution in [3.63, 3.8) is 0 Å². The van der Waals surface area contributed by atoms with Gasteiger partial charge in [0.15, 0.2) is 5.82 Å². The van der Waals surface area contributed by atoms with Crippen molar-refractivity contribution in [1.29, 1.82) is 0 Å². The van der Waals surface area contributed by atoms with Crippen LogP contribution in [0.4, 0.5) is 19.0 Å². The number of fused-ring (bicyclic) bond motifs is 1. The lowest BCUT2D eigenvalue weighted by atomic mass is 10.0. The monoisotopic (exact) mass is 454 g/mol. The molecule has 4 heterocycles. The molecule has 1 saturated heterocycles. The second kappa shape index (κ2) is 8.42. The summed E-state index contributed by atoms with van der Waals surface area (Å²) in [5, 5.41) is 3.10. The largest absolute Gasteiger partial charge is 0.417 e. The number of rotatable bonds is 5. The van der Waals surface area contributed by atoms with Crippen LogP contribution in [0.15, 0.2) is 55.1 Å². The number of alkyl halides is 3. The third kappa shape index (κ3) is 4.50. The summed E-state index contributed by atoms with van der Waals surface area (Å²) in [4.78, 5) is 32.1. The summed E-state index contributed by atoms with van der Waals surface area (Å²) in [6, 6.07) is 7.40. The van der Waals surface area contributed by atoms with Gasteiger partial charge in [0, 0.05) is 43.9 Å². The van der Waals surface area contributed by atoms with Crippen LogP contribution < -0.4 is 5.32 Å². The third-order valence-corrected chi connectivity index (χ3v) is 6.20. The second-order valence-corrected chi connectivity index (χ2v) is 8.39. The molecule has 0 aromatic carbocycles. The van der Waals surface area contributed by atoms with Gasteiger partial charge < -0.3 is 10.2 Å². The van der Waals surface area contributed by atoms with Crippen molar-refractivity contribution in [2.24, 2.45) is 11.8 Å². The molecule has 3 atom stereocenters. The normalized spacial score (nSPS) is 21.9. The van der Waals surface area contributed by atoms with Crippen molar-refractivity contribution in [2.75, 3.05) is 18.4 Å². The Bertz CT molecular complexity index is 1140. The minimum atomic E-state index is -4.43. The van der Waals surface area contributed by atoms with E-state index in [2.05, 4.69) is 25.3 Å². The van der Waals surface area contributed by atoms with Crippen LogP contribution in [0, 0.1) is 11.8 Å². The highest BCUT2D eigenvalue weighted by Gasteiger charge is 2.47. The van der Waals surface area contributed by atoms with Crippen LogP contribution >= 0.6 is 0 Å². The number of carbonyl (C=O) groups excluding carboxylic acids is 1. The number of aromatic nitrogens is 4. The van der Waals surface area contributed by atoms with Gasteiger partial charge in [0.2, 0.25) is 0 Å². The molecule has 2 fully saturated rings. The van der Waals surface area contributed by atoms with Gasteiger partial charge in [0.25, 0.3) is 5.91 Å². The number of anilines is 1. The third-order valence-electron chi connectivity index (χ3n) is 6.20. The van der Waals surface area contributed by atoms with Gasteiger partial charge in [0.05, 0.1) is 11.1 Å². The first-order valence-electron chi connectivity index (χ1n) is 10.7. The number of nitrogens with zero attached hydrogens (tertiary/aromatic N) is 5. The van der Waals surface area contributed by atoms with E-state index in [1.807, 2.05) is 4.90 Å². The van der Waals surface area contributed by atoms with Crippen molar-refractivity contribution in [2.45, 2.75) is 25.1 Å². The molecule has 0 unspecified atom stereocenters. The first-order chi connectivity index (χ1) is 15.9. The number of likely N-dealkylation sites (tertiary alicyclic amines) is 1. The van der Waals surface area contributed by atoms with Crippen LogP contribution in [0.5, 0.6) is 0 Å². The zero-order valence-corrected chi connectivity index (χ0v) is 17.5. The zero-order chi connectivity index (χ0) is 23.0. The molecule has 5 rings (SSSR count). The number of halogens is 3. The molecule has 2 aliphatic rings. The average Bonchev–Trinajstić information content (AvgIpc) is 3.60. The van der Waals surface area contributed by atoms with E-state index in [9.17, 15) is 18.0 Å². The number of carbonyl (C=O) groups is 1. The Kier molecular flexibility index (Phi) is 5.43. The van der Waals surface area contributed by atoms with E-state index in [4.69, 9.17) is 0 Å². The van der Waals surface area contributed by atoms with Gasteiger partial charge >= 0.3 is 6.18 Å². The highest BCUT2D eigenvalue weighted by Crippen LogP contribution is 2.47. The zero-order valence-electron chi connectivity index (χ0n) is 17.5. The molecule has 33 heavy (non-hydrogen) atoms. The van der Waals surface area contributed by atoms with Gasteiger partial charge in [-0.05, 0) is 55.0 Å². The number of piperidine rings is 1. The Hall–Kier alpha value is -3.56. The van der Waals surface area contributed by atoms with Gasteiger partial charge in [-0.2, -0.15) is 13.2 Å². The summed E-state index contributed by atoms with van der Waals surface area (Å²) in [7, 11) is 0. The minimum Gasteiger partial charge on any atom is -0.368 e. The number of hydrogen-bond donors (Lipinski definition) is 1. The van der Waals surface area contributed by atoms with Crippen LogP contribution in [-0.2, 0) is 6.18 Å². The fourth-order valence-electron chi connectivity index (χ4n) is 4.36. The Morgan fingerprint density at radius 2 is 1.79 bits per heavy atom. The molecule has 1 aliphatic carbocycles. The summed E-state index contributed by atoms with van der Waals surface area (Å²) in [6.07, 6.45) is 3.09. The topological polar surface area (TPSA) is 83.9 Å². The highest BCUT2D eigenvalue weighted by atomic mass is 19.4. The summed E-state index contributed by atoms with van der Waals surface area (Å²) in [6.45, 7) is 1.01. The van der Waals surface area contributed by atoms with Crippen molar-refractivity contribution in [1.82, 2.24) is 24.8 Å². The van der Waals surface area contributed by atoms with E-state index in [1.54, 1.807) is 36.8 Å². The first-order valence-corrected chi connectivity index (χ1v) is 10.7. The highest BCUT2D eigenvalue weighted by molar-refractivity contribution is 5.98. The standard InChI is InChI=1S/C23H21F3N6O/c24-23(25,26)16-4-5-19(30-11-16)31-12-17-10-14-9-15(14)13-32(17)22(33)20-18(3-1-6-27-20)21-28-7-2-8-29-21/h1-8,11,14-15,17H,9-10,12-13H2,(H,30,31)/t14-,15+,17+/m1/s1. The SMILES string of the molecule is O=C(c1ncccc1-c1ncccn1)N1C[C@@H]2C[C@@H]2C[C@H]1CNc1ccc(C(F)(F)F)cn1. The Morgan fingerprint density at radius 1 is 1.00 bits per heavy atom. The maximum absolute atomic E-state index is 13.6. The molecule has 0 bridgehead atoms. The van der Waals surface area contributed by atoms with Crippen LogP contribution in [0.3, 0.4) is 0 Å². The van der Waals surface area contributed by atoms with Crippen molar-refractivity contribution in [3.8, 4) is 11.4 Å². The molecule has 1 aliphatic heterocycles. The molecular weight excluding hydrogens is 433 g/mol. The fraction of sp³-hybridized carbons (Fsp3) is 0.348. The lowest BCUT2D eigenvalue weighted by Crippen LogP contribution is -2.48. The summed E-state index contributed by atoms with van der Waals surface area (Å²) >= 11 is 0. The van der Waals surface area contributed by atoms with Crippen LogP contribution in [0.25, 0.3) is 11.4 Å². The number of nitrogens with one attached hydrogen (secondary N) is 1. The molecule has 1 saturated carbocycles. The second-order valence-electron chi connectivity index (χ2n) is 8.39. The fourth-order valence-corrected chi connectivity index (χ4v) is 4.36. The number of pyridine rings is 2. The summed E-state index contributed by atoms with van der Waals surface area (Å²) < 4.78 is 38.3. The molecule has 7 nitrogen and oxygen atoms in total. The molecule has 170 valence electrons. The predicted molar refractivity (Wildman–Crippen MR) is 114 cm³/mol. The smallest absolute Gasteiger partial charge is 0.368 e. The van der Waals surface area contributed by atoms with Gasteiger partial charge in [-0.25, -0.2) is 15.0 Å². The molecule has 3 aromatic heterocycles. The Morgan fingerprint density at radius 3 is 2.52 bits per heavy atom. The van der Waals surface area contributed by atoms with Gasteiger partial charge in [-0.3, -0.25) is 9.78 Å². The van der Waals surface area contributed by atoms with E-state index < -0.39 is 11.7 Å². The predicted octanol–water partition coefficient (Wildman–Crippen LogP) is 3.92. The van der Waals surface area contributed by atoms with E-state index in [-0.39, 0.29) is 11.9 Å². The van der Waals surface area contributed by atoms with E-state index in [1.165, 1.54) is 6.07 Å². The van der Waals surface area contributed by atoms with Gasteiger partial charge in [0.1, 0.15) is 11.5 Å². The molecule has 0 radical (unpaired) electrons. The lowest BCUT2D eigenvalue weighted by molar-refractivity contribution is -0.137. The number of amides is 1.